The number of amides is 1. The molecule has 0 aromatic heterocycles. The molecule has 0 saturated heterocycles. The maximum absolute atomic E-state index is 12.9. The van der Waals surface area contributed by atoms with E-state index in [0.29, 0.717) is 12.0 Å². The number of benzene rings is 2. The van der Waals surface area contributed by atoms with E-state index < -0.39 is 16.1 Å². The summed E-state index contributed by atoms with van der Waals surface area (Å²) in [5, 5.41) is 2.91. The summed E-state index contributed by atoms with van der Waals surface area (Å²) in [5.74, 6) is 0.181. The van der Waals surface area contributed by atoms with Crippen LogP contribution in [-0.4, -0.2) is 26.2 Å². The second-order valence-corrected chi connectivity index (χ2v) is 8.68. The van der Waals surface area contributed by atoms with Crippen LogP contribution in [0.1, 0.15) is 31.4 Å². The molecule has 1 aliphatic rings. The molecule has 7 heteroatoms. The van der Waals surface area contributed by atoms with Crippen LogP contribution in [0, 0.1) is 12.8 Å². The van der Waals surface area contributed by atoms with Gasteiger partial charge in [-0.3, -0.25) is 14.5 Å². The SMILES string of the molecule is Cc1ccccc1NC(=O)C(CC(C)C)N=C1NS(=O)(=O)c2ccccc21. The zero-order chi connectivity index (χ0) is 19.6. The van der Waals surface area contributed by atoms with Crippen molar-refractivity contribution in [3.63, 3.8) is 0 Å². The molecule has 1 heterocycles. The molecule has 2 aromatic rings. The zero-order valence-corrected chi connectivity index (χ0v) is 16.4. The minimum Gasteiger partial charge on any atom is -0.324 e. The fourth-order valence-corrected chi connectivity index (χ4v) is 4.22. The highest BCUT2D eigenvalue weighted by atomic mass is 32.2. The summed E-state index contributed by atoms with van der Waals surface area (Å²) in [6.07, 6.45) is 0.505. The molecule has 0 spiro atoms. The summed E-state index contributed by atoms with van der Waals surface area (Å²) in [7, 11) is -3.63. The number of hydrogen-bond donors (Lipinski definition) is 2. The Morgan fingerprint density at radius 1 is 1.11 bits per heavy atom. The van der Waals surface area contributed by atoms with Gasteiger partial charge in [0.05, 0.1) is 4.90 Å². The number of carbonyl (C=O) groups is 1. The van der Waals surface area contributed by atoms with Gasteiger partial charge in [-0.2, -0.15) is 0 Å². The normalized spacial score (nSPS) is 17.4. The molecule has 1 unspecified atom stereocenters. The maximum Gasteiger partial charge on any atom is 0.263 e. The van der Waals surface area contributed by atoms with Gasteiger partial charge in [-0.05, 0) is 43.0 Å². The molecule has 0 saturated carbocycles. The first-order valence-corrected chi connectivity index (χ1v) is 10.3. The summed E-state index contributed by atoms with van der Waals surface area (Å²) < 4.78 is 27.0. The molecule has 0 bridgehead atoms. The molecule has 0 radical (unpaired) electrons. The number of sulfonamides is 1. The van der Waals surface area contributed by atoms with Crippen LogP contribution in [0.2, 0.25) is 0 Å². The lowest BCUT2D eigenvalue weighted by Gasteiger charge is -2.17. The van der Waals surface area contributed by atoms with Crippen molar-refractivity contribution >= 4 is 27.5 Å². The van der Waals surface area contributed by atoms with Gasteiger partial charge < -0.3 is 5.32 Å². The number of aliphatic imine (C=N–C) groups is 1. The van der Waals surface area contributed by atoms with Crippen LogP contribution in [0.3, 0.4) is 0 Å². The molecule has 27 heavy (non-hydrogen) atoms. The number of carbonyl (C=O) groups excluding carboxylic acids is 1. The van der Waals surface area contributed by atoms with Crippen LogP contribution < -0.4 is 10.0 Å². The van der Waals surface area contributed by atoms with E-state index in [0.717, 1.165) is 11.3 Å². The third-order valence-electron chi connectivity index (χ3n) is 4.35. The third-order valence-corrected chi connectivity index (χ3v) is 5.75. The number of aryl methyl sites for hydroxylation is 1. The fourth-order valence-electron chi connectivity index (χ4n) is 2.98. The molecule has 6 nitrogen and oxygen atoms in total. The van der Waals surface area contributed by atoms with Crippen LogP contribution >= 0.6 is 0 Å². The van der Waals surface area contributed by atoms with Gasteiger partial charge in [-0.25, -0.2) is 8.42 Å². The number of rotatable bonds is 5. The third kappa shape index (κ3) is 4.19. The van der Waals surface area contributed by atoms with Crippen LogP contribution in [-0.2, 0) is 14.8 Å². The topological polar surface area (TPSA) is 87.6 Å². The van der Waals surface area contributed by atoms with Gasteiger partial charge in [0.2, 0.25) is 5.91 Å². The van der Waals surface area contributed by atoms with Gasteiger partial charge in [-0.15, -0.1) is 0 Å². The lowest BCUT2D eigenvalue weighted by Crippen LogP contribution is -2.31. The summed E-state index contributed by atoms with van der Waals surface area (Å²) in [4.78, 5) is 17.5. The second-order valence-electron chi connectivity index (χ2n) is 7.03. The smallest absolute Gasteiger partial charge is 0.263 e. The highest BCUT2D eigenvalue weighted by Gasteiger charge is 2.32. The van der Waals surface area contributed by atoms with Crippen molar-refractivity contribution in [2.45, 2.75) is 38.1 Å². The molecule has 1 atom stereocenters. The minimum atomic E-state index is -3.63. The second kappa shape index (κ2) is 7.52. The zero-order valence-electron chi connectivity index (χ0n) is 15.6. The molecule has 0 aliphatic carbocycles. The lowest BCUT2D eigenvalue weighted by atomic mass is 10.0. The van der Waals surface area contributed by atoms with E-state index in [-0.39, 0.29) is 22.6 Å². The molecule has 1 amide bonds. The first kappa shape index (κ1) is 19.1. The predicted molar refractivity (Wildman–Crippen MR) is 106 cm³/mol. The highest BCUT2D eigenvalue weighted by molar-refractivity contribution is 7.90. The van der Waals surface area contributed by atoms with Crippen molar-refractivity contribution < 1.29 is 13.2 Å². The van der Waals surface area contributed by atoms with E-state index >= 15 is 0 Å². The standard InChI is InChI=1S/C20H23N3O3S/c1-13(2)12-17(20(24)22-16-10-6-4-8-14(16)3)21-19-15-9-5-7-11-18(15)27(25,26)23-19/h4-11,13,17H,12H2,1-3H3,(H,21,23)(H,22,24). The predicted octanol–water partition coefficient (Wildman–Crippen LogP) is 3.09. The van der Waals surface area contributed by atoms with Gasteiger partial charge >= 0.3 is 0 Å². The number of anilines is 1. The number of nitrogens with one attached hydrogen (secondary N) is 2. The van der Waals surface area contributed by atoms with Crippen LogP contribution in [0.15, 0.2) is 58.4 Å². The van der Waals surface area contributed by atoms with E-state index in [1.807, 2.05) is 45.0 Å². The molecular weight excluding hydrogens is 362 g/mol. The van der Waals surface area contributed by atoms with Crippen molar-refractivity contribution in [3.05, 3.63) is 59.7 Å². The number of fused-ring (bicyclic) bond motifs is 1. The Hall–Kier alpha value is -2.67. The highest BCUT2D eigenvalue weighted by Crippen LogP contribution is 2.24. The molecule has 2 N–H and O–H groups in total. The Morgan fingerprint density at radius 2 is 1.78 bits per heavy atom. The van der Waals surface area contributed by atoms with Gasteiger partial charge in [0.25, 0.3) is 10.0 Å². The number of amidine groups is 1. The Kier molecular flexibility index (Phi) is 5.32. The summed E-state index contributed by atoms with van der Waals surface area (Å²) in [5.41, 5.74) is 2.17. The van der Waals surface area contributed by atoms with Crippen molar-refractivity contribution in [1.82, 2.24) is 4.72 Å². The monoisotopic (exact) mass is 385 g/mol. The minimum absolute atomic E-state index is 0.186. The number of nitrogens with zero attached hydrogens (tertiary/aromatic N) is 1. The van der Waals surface area contributed by atoms with Crippen LogP contribution in [0.4, 0.5) is 5.69 Å². The Bertz CT molecular complexity index is 997. The molecule has 1 aliphatic heterocycles. The van der Waals surface area contributed by atoms with Gasteiger partial charge in [-0.1, -0.05) is 44.2 Å². The maximum atomic E-state index is 12.9. The summed E-state index contributed by atoms with van der Waals surface area (Å²) in [6.45, 7) is 5.92. The molecule has 0 fully saturated rings. The first-order valence-electron chi connectivity index (χ1n) is 8.84. The van der Waals surface area contributed by atoms with Crippen molar-refractivity contribution in [1.29, 1.82) is 0 Å². The van der Waals surface area contributed by atoms with E-state index in [4.69, 9.17) is 0 Å². The summed E-state index contributed by atoms with van der Waals surface area (Å²) in [6, 6.07) is 13.4. The Labute approximate surface area is 159 Å². The van der Waals surface area contributed by atoms with Crippen molar-refractivity contribution in [3.8, 4) is 0 Å². The molecule has 2 aromatic carbocycles. The molecule has 142 valence electrons. The van der Waals surface area contributed by atoms with Crippen molar-refractivity contribution in [2.24, 2.45) is 10.9 Å². The van der Waals surface area contributed by atoms with Gasteiger partial charge in [0.1, 0.15) is 11.9 Å². The fraction of sp³-hybridized carbons (Fsp3) is 0.300. The lowest BCUT2D eigenvalue weighted by molar-refractivity contribution is -0.117. The van der Waals surface area contributed by atoms with Crippen LogP contribution in [0.5, 0.6) is 0 Å². The summed E-state index contributed by atoms with van der Waals surface area (Å²) >= 11 is 0. The van der Waals surface area contributed by atoms with E-state index in [1.54, 1.807) is 18.2 Å². The molecule has 3 rings (SSSR count). The van der Waals surface area contributed by atoms with Gasteiger partial charge in [0.15, 0.2) is 0 Å². The Balaban J connectivity index is 1.93. The molecular formula is C20H23N3O3S. The number of para-hydroxylation sites is 1. The first-order chi connectivity index (χ1) is 12.8. The van der Waals surface area contributed by atoms with Crippen LogP contribution in [0.25, 0.3) is 0 Å². The Morgan fingerprint density at radius 3 is 2.48 bits per heavy atom. The number of hydrogen-bond acceptors (Lipinski definition) is 4. The average Bonchev–Trinajstić information content (AvgIpc) is 2.87. The average molecular weight is 385 g/mol. The van der Waals surface area contributed by atoms with Gasteiger partial charge in [0, 0.05) is 11.3 Å². The largest absolute Gasteiger partial charge is 0.324 e. The quantitative estimate of drug-likeness (QED) is 0.829. The van der Waals surface area contributed by atoms with E-state index in [9.17, 15) is 13.2 Å². The van der Waals surface area contributed by atoms with Crippen molar-refractivity contribution in [2.75, 3.05) is 5.32 Å². The van der Waals surface area contributed by atoms with E-state index in [2.05, 4.69) is 15.0 Å². The van der Waals surface area contributed by atoms with E-state index in [1.165, 1.54) is 6.07 Å².